The molecule has 2 aromatic rings. The summed E-state index contributed by atoms with van der Waals surface area (Å²) in [5.41, 5.74) is 0.962. The summed E-state index contributed by atoms with van der Waals surface area (Å²) in [7, 11) is 0. The molecule has 0 radical (unpaired) electrons. The van der Waals surface area contributed by atoms with E-state index in [0.29, 0.717) is 37.6 Å². The van der Waals surface area contributed by atoms with Gasteiger partial charge in [0.15, 0.2) is 0 Å². The van der Waals surface area contributed by atoms with Crippen molar-refractivity contribution < 1.29 is 14.1 Å². The predicted octanol–water partition coefficient (Wildman–Crippen LogP) is 2.15. The molecule has 8 nitrogen and oxygen atoms in total. The van der Waals surface area contributed by atoms with E-state index in [1.165, 1.54) is 0 Å². The molecule has 0 aliphatic carbocycles. The van der Waals surface area contributed by atoms with Gasteiger partial charge < -0.3 is 19.1 Å². The molecule has 1 fully saturated rings. The van der Waals surface area contributed by atoms with Gasteiger partial charge in [0.05, 0.1) is 6.10 Å². The minimum Gasteiger partial charge on any atom is -0.473 e. The second-order valence-corrected chi connectivity index (χ2v) is 7.08. The van der Waals surface area contributed by atoms with Crippen LogP contribution in [0.5, 0.6) is 5.88 Å². The average Bonchev–Trinajstić information content (AvgIpc) is 3.05. The van der Waals surface area contributed by atoms with E-state index >= 15 is 0 Å². The summed E-state index contributed by atoms with van der Waals surface area (Å²) < 4.78 is 10.7. The molecule has 1 aliphatic rings. The van der Waals surface area contributed by atoms with Crippen LogP contribution in [0, 0.1) is 13.8 Å². The molecular formula is C19H27N5O3. The molecule has 0 unspecified atom stereocenters. The summed E-state index contributed by atoms with van der Waals surface area (Å²) in [5.74, 6) is 2.98. The van der Waals surface area contributed by atoms with Crippen LogP contribution in [0.4, 0.5) is 5.82 Å². The van der Waals surface area contributed by atoms with Crippen molar-refractivity contribution in [3.8, 4) is 5.88 Å². The van der Waals surface area contributed by atoms with Crippen molar-refractivity contribution in [2.24, 2.45) is 0 Å². The topological polar surface area (TPSA) is 84.6 Å². The van der Waals surface area contributed by atoms with Gasteiger partial charge in [-0.05, 0) is 32.9 Å². The van der Waals surface area contributed by atoms with Crippen molar-refractivity contribution in [1.82, 2.24) is 20.0 Å². The summed E-state index contributed by atoms with van der Waals surface area (Å²) in [6, 6.07) is 3.75. The Hall–Kier alpha value is -2.64. The number of amides is 1. The molecule has 1 saturated heterocycles. The van der Waals surface area contributed by atoms with Gasteiger partial charge >= 0.3 is 0 Å². The van der Waals surface area contributed by atoms with E-state index in [1.807, 2.05) is 38.7 Å². The maximum absolute atomic E-state index is 12.5. The molecule has 3 heterocycles. The fourth-order valence-electron chi connectivity index (χ4n) is 3.14. The standard InChI is InChI=1S/C19H27N5O3/c1-13(2)26-18-12-16(27-22-18)5-6-19(25)24-9-7-23(8-10-24)17-11-14(3)20-15(4)21-17/h11-13H,5-10H2,1-4H3. The van der Waals surface area contributed by atoms with Gasteiger partial charge in [0.25, 0.3) is 5.88 Å². The van der Waals surface area contributed by atoms with Crippen LogP contribution in [0.3, 0.4) is 0 Å². The summed E-state index contributed by atoms with van der Waals surface area (Å²) in [5, 5.41) is 3.86. The zero-order valence-corrected chi connectivity index (χ0v) is 16.4. The highest BCUT2D eigenvalue weighted by Crippen LogP contribution is 2.17. The zero-order chi connectivity index (χ0) is 19.4. The van der Waals surface area contributed by atoms with Crippen LogP contribution in [0.2, 0.25) is 0 Å². The summed E-state index contributed by atoms with van der Waals surface area (Å²) in [6.07, 6.45) is 0.975. The SMILES string of the molecule is Cc1cc(N2CCN(C(=O)CCc3cc(OC(C)C)no3)CC2)nc(C)n1. The van der Waals surface area contributed by atoms with Crippen LogP contribution in [-0.4, -0.2) is 58.2 Å². The first-order valence-electron chi connectivity index (χ1n) is 9.38. The Kier molecular flexibility index (Phi) is 5.93. The maximum Gasteiger partial charge on any atom is 0.254 e. The van der Waals surface area contributed by atoms with Crippen molar-refractivity contribution in [2.45, 2.75) is 46.6 Å². The van der Waals surface area contributed by atoms with Gasteiger partial charge in [-0.25, -0.2) is 9.97 Å². The molecule has 146 valence electrons. The number of carbonyl (C=O) groups excluding carboxylic acids is 1. The van der Waals surface area contributed by atoms with E-state index < -0.39 is 0 Å². The van der Waals surface area contributed by atoms with E-state index in [4.69, 9.17) is 9.26 Å². The maximum atomic E-state index is 12.5. The Morgan fingerprint density at radius 3 is 2.59 bits per heavy atom. The van der Waals surface area contributed by atoms with Crippen molar-refractivity contribution >= 4 is 11.7 Å². The molecule has 27 heavy (non-hydrogen) atoms. The predicted molar refractivity (Wildman–Crippen MR) is 101 cm³/mol. The van der Waals surface area contributed by atoms with Crippen molar-refractivity contribution in [3.63, 3.8) is 0 Å². The Bertz CT molecular complexity index is 761. The molecule has 0 bridgehead atoms. The molecule has 8 heteroatoms. The first kappa shape index (κ1) is 19.1. The number of ether oxygens (including phenoxy) is 1. The molecule has 0 saturated carbocycles. The van der Waals surface area contributed by atoms with Gasteiger partial charge in [-0.15, -0.1) is 0 Å². The van der Waals surface area contributed by atoms with E-state index in [-0.39, 0.29) is 12.0 Å². The lowest BCUT2D eigenvalue weighted by atomic mass is 10.2. The smallest absolute Gasteiger partial charge is 0.254 e. The minimum absolute atomic E-state index is 0.0448. The minimum atomic E-state index is 0.0448. The van der Waals surface area contributed by atoms with Crippen LogP contribution in [0.15, 0.2) is 16.7 Å². The second kappa shape index (κ2) is 8.37. The number of anilines is 1. The monoisotopic (exact) mass is 373 g/mol. The molecule has 3 rings (SSSR count). The third-order valence-electron chi connectivity index (χ3n) is 4.39. The molecule has 1 amide bonds. The number of aryl methyl sites for hydroxylation is 3. The summed E-state index contributed by atoms with van der Waals surface area (Å²) >= 11 is 0. The second-order valence-electron chi connectivity index (χ2n) is 7.08. The fraction of sp³-hybridized carbons (Fsp3) is 0.579. The Morgan fingerprint density at radius 2 is 1.93 bits per heavy atom. The Morgan fingerprint density at radius 1 is 1.19 bits per heavy atom. The molecule has 0 atom stereocenters. The summed E-state index contributed by atoms with van der Waals surface area (Å²) in [4.78, 5) is 25.4. The highest BCUT2D eigenvalue weighted by molar-refractivity contribution is 5.76. The van der Waals surface area contributed by atoms with Gasteiger partial charge in [0, 0.05) is 56.8 Å². The lowest BCUT2D eigenvalue weighted by molar-refractivity contribution is -0.131. The molecular weight excluding hydrogens is 346 g/mol. The Balaban J connectivity index is 1.47. The number of carbonyl (C=O) groups is 1. The van der Waals surface area contributed by atoms with E-state index in [1.54, 1.807) is 6.07 Å². The van der Waals surface area contributed by atoms with Crippen LogP contribution < -0.4 is 9.64 Å². The van der Waals surface area contributed by atoms with Crippen molar-refractivity contribution in [1.29, 1.82) is 0 Å². The highest BCUT2D eigenvalue weighted by Gasteiger charge is 2.22. The van der Waals surface area contributed by atoms with Gasteiger partial charge in [-0.2, -0.15) is 0 Å². The number of aromatic nitrogens is 3. The Labute approximate surface area is 159 Å². The van der Waals surface area contributed by atoms with Crippen LogP contribution in [0.1, 0.15) is 37.5 Å². The fourth-order valence-corrected chi connectivity index (χ4v) is 3.14. The lowest BCUT2D eigenvalue weighted by Gasteiger charge is -2.35. The number of nitrogens with zero attached hydrogens (tertiary/aromatic N) is 5. The number of piperazine rings is 1. The van der Waals surface area contributed by atoms with Crippen molar-refractivity contribution in [3.05, 3.63) is 29.4 Å². The quantitative estimate of drug-likeness (QED) is 0.767. The molecule has 0 spiro atoms. The molecule has 0 N–H and O–H groups in total. The molecule has 1 aliphatic heterocycles. The number of hydrogen-bond donors (Lipinski definition) is 0. The third kappa shape index (κ3) is 5.18. The third-order valence-corrected chi connectivity index (χ3v) is 4.39. The lowest BCUT2D eigenvalue weighted by Crippen LogP contribution is -2.49. The summed E-state index contributed by atoms with van der Waals surface area (Å²) in [6.45, 7) is 10.7. The molecule has 0 aromatic carbocycles. The van der Waals surface area contributed by atoms with Crippen LogP contribution >= 0.6 is 0 Å². The van der Waals surface area contributed by atoms with Gasteiger partial charge in [-0.1, -0.05) is 0 Å². The largest absolute Gasteiger partial charge is 0.473 e. The first-order chi connectivity index (χ1) is 12.9. The zero-order valence-electron chi connectivity index (χ0n) is 16.4. The highest BCUT2D eigenvalue weighted by atomic mass is 16.5. The van der Waals surface area contributed by atoms with E-state index in [0.717, 1.165) is 30.4 Å². The van der Waals surface area contributed by atoms with Crippen LogP contribution in [-0.2, 0) is 11.2 Å². The molecule has 2 aromatic heterocycles. The van der Waals surface area contributed by atoms with Crippen molar-refractivity contribution in [2.75, 3.05) is 31.1 Å². The number of hydrogen-bond acceptors (Lipinski definition) is 7. The van der Waals surface area contributed by atoms with Crippen LogP contribution in [0.25, 0.3) is 0 Å². The van der Waals surface area contributed by atoms with E-state index in [2.05, 4.69) is 20.0 Å². The normalized spacial score (nSPS) is 14.7. The van der Waals surface area contributed by atoms with Gasteiger partial charge in [0.2, 0.25) is 5.91 Å². The number of rotatable bonds is 6. The van der Waals surface area contributed by atoms with Gasteiger partial charge in [-0.3, -0.25) is 4.79 Å². The first-order valence-corrected chi connectivity index (χ1v) is 9.38. The van der Waals surface area contributed by atoms with E-state index in [9.17, 15) is 4.79 Å². The van der Waals surface area contributed by atoms with Gasteiger partial charge in [0.1, 0.15) is 17.4 Å². The average molecular weight is 373 g/mol.